The van der Waals surface area contributed by atoms with E-state index in [-0.39, 0.29) is 0 Å². The van der Waals surface area contributed by atoms with Crippen molar-refractivity contribution in [3.05, 3.63) is 34.1 Å². The van der Waals surface area contributed by atoms with Gasteiger partial charge in [-0.25, -0.2) is 4.68 Å². The lowest BCUT2D eigenvalue weighted by Crippen LogP contribution is -2.28. The molecule has 0 aliphatic heterocycles. The van der Waals surface area contributed by atoms with Gasteiger partial charge in [0.25, 0.3) is 0 Å². The molecule has 0 spiro atoms. The van der Waals surface area contributed by atoms with Crippen molar-refractivity contribution in [2.45, 2.75) is 52.0 Å². The molecule has 1 aliphatic rings. The molecule has 1 fully saturated rings. The molecular formula is C21H31ClN4S. The molecule has 4 nitrogen and oxygen atoms in total. The molecule has 6 heteroatoms. The Hall–Kier alpha value is -1.17. The third-order valence-corrected chi connectivity index (χ3v) is 6.91. The van der Waals surface area contributed by atoms with E-state index in [0.717, 1.165) is 39.4 Å². The Morgan fingerprint density at radius 2 is 1.96 bits per heavy atom. The standard InChI is InChI=1S/C21H31ClN4S/c1-4-26(5-2)14-13-16-7-6-8-19(15-16)23-21-25(3)24-20(27-21)17-9-11-18(22)12-10-17/h9-12,16,19H,4-8,13-15H2,1-3H3. The Balaban J connectivity index is 1.68. The second-order valence-electron chi connectivity index (χ2n) is 7.45. The minimum atomic E-state index is 0.435. The van der Waals surface area contributed by atoms with E-state index in [9.17, 15) is 0 Å². The zero-order valence-electron chi connectivity index (χ0n) is 16.7. The largest absolute Gasteiger partial charge is 0.304 e. The summed E-state index contributed by atoms with van der Waals surface area (Å²) in [4.78, 5) is 8.63. The van der Waals surface area contributed by atoms with E-state index in [2.05, 4.69) is 23.8 Å². The van der Waals surface area contributed by atoms with Crippen LogP contribution >= 0.6 is 22.9 Å². The van der Waals surface area contributed by atoms with Crippen LogP contribution in [-0.4, -0.2) is 40.4 Å². The van der Waals surface area contributed by atoms with Crippen molar-refractivity contribution < 1.29 is 0 Å². The van der Waals surface area contributed by atoms with Gasteiger partial charge in [0.1, 0.15) is 5.01 Å². The van der Waals surface area contributed by atoms with E-state index >= 15 is 0 Å². The zero-order valence-corrected chi connectivity index (χ0v) is 18.3. The fourth-order valence-corrected chi connectivity index (χ4v) is 4.97. The summed E-state index contributed by atoms with van der Waals surface area (Å²) in [5, 5.41) is 6.42. The molecule has 27 heavy (non-hydrogen) atoms. The lowest BCUT2D eigenvalue weighted by Gasteiger charge is -2.28. The van der Waals surface area contributed by atoms with Crippen LogP contribution in [-0.2, 0) is 7.05 Å². The number of hydrogen-bond donors (Lipinski definition) is 0. The number of benzene rings is 1. The Labute approximate surface area is 171 Å². The highest BCUT2D eigenvalue weighted by Gasteiger charge is 2.22. The van der Waals surface area contributed by atoms with Gasteiger partial charge in [0.05, 0.1) is 6.04 Å². The Morgan fingerprint density at radius 1 is 1.22 bits per heavy atom. The fourth-order valence-electron chi connectivity index (χ4n) is 3.87. The van der Waals surface area contributed by atoms with Crippen LogP contribution < -0.4 is 4.80 Å². The summed E-state index contributed by atoms with van der Waals surface area (Å²) in [6.07, 6.45) is 6.38. The molecule has 1 saturated carbocycles. The Morgan fingerprint density at radius 3 is 2.67 bits per heavy atom. The molecule has 2 unspecified atom stereocenters. The van der Waals surface area contributed by atoms with Crippen LogP contribution in [0.4, 0.5) is 0 Å². The number of nitrogens with zero attached hydrogens (tertiary/aromatic N) is 4. The maximum absolute atomic E-state index is 6.00. The van der Waals surface area contributed by atoms with Gasteiger partial charge in [0.15, 0.2) is 0 Å². The van der Waals surface area contributed by atoms with Crippen LogP contribution in [0.3, 0.4) is 0 Å². The normalized spacial score (nSPS) is 21.1. The summed E-state index contributed by atoms with van der Waals surface area (Å²) in [6.45, 7) is 8.04. The molecule has 1 aliphatic carbocycles. The molecule has 1 heterocycles. The number of aromatic nitrogens is 2. The summed E-state index contributed by atoms with van der Waals surface area (Å²) in [5.41, 5.74) is 1.10. The van der Waals surface area contributed by atoms with E-state index in [1.807, 2.05) is 36.0 Å². The molecule has 2 atom stereocenters. The number of aryl methyl sites for hydroxylation is 1. The van der Waals surface area contributed by atoms with Gasteiger partial charge in [-0.1, -0.05) is 61.8 Å². The van der Waals surface area contributed by atoms with E-state index in [4.69, 9.17) is 16.6 Å². The topological polar surface area (TPSA) is 33.4 Å². The van der Waals surface area contributed by atoms with Crippen LogP contribution in [0, 0.1) is 5.92 Å². The molecular weight excluding hydrogens is 376 g/mol. The van der Waals surface area contributed by atoms with E-state index < -0.39 is 0 Å². The molecule has 1 aromatic carbocycles. The maximum Gasteiger partial charge on any atom is 0.203 e. The van der Waals surface area contributed by atoms with Gasteiger partial charge in [-0.3, -0.25) is 4.99 Å². The van der Waals surface area contributed by atoms with Gasteiger partial charge in [0.2, 0.25) is 4.80 Å². The summed E-state index contributed by atoms with van der Waals surface area (Å²) in [5.74, 6) is 0.807. The van der Waals surface area contributed by atoms with Gasteiger partial charge >= 0.3 is 0 Å². The fraction of sp³-hybridized carbons (Fsp3) is 0.619. The van der Waals surface area contributed by atoms with Crippen molar-refractivity contribution >= 4 is 22.9 Å². The number of halogens is 1. The minimum Gasteiger partial charge on any atom is -0.304 e. The molecule has 0 bridgehead atoms. The predicted octanol–water partition coefficient (Wildman–Crippen LogP) is 4.99. The first-order valence-corrected chi connectivity index (χ1v) is 11.3. The van der Waals surface area contributed by atoms with Crippen molar-refractivity contribution in [1.29, 1.82) is 0 Å². The zero-order chi connectivity index (χ0) is 19.2. The summed E-state index contributed by atoms with van der Waals surface area (Å²) in [6, 6.07) is 8.31. The second kappa shape index (κ2) is 9.85. The van der Waals surface area contributed by atoms with Gasteiger partial charge in [-0.2, -0.15) is 5.10 Å². The van der Waals surface area contributed by atoms with Crippen molar-refractivity contribution in [2.75, 3.05) is 19.6 Å². The maximum atomic E-state index is 6.00. The summed E-state index contributed by atoms with van der Waals surface area (Å²) < 4.78 is 1.92. The van der Waals surface area contributed by atoms with Gasteiger partial charge in [-0.15, -0.1) is 0 Å². The highest BCUT2D eigenvalue weighted by Crippen LogP contribution is 2.29. The second-order valence-corrected chi connectivity index (χ2v) is 8.84. The quantitative estimate of drug-likeness (QED) is 0.648. The van der Waals surface area contributed by atoms with Crippen LogP contribution in [0.15, 0.2) is 29.3 Å². The van der Waals surface area contributed by atoms with E-state index in [1.165, 1.54) is 38.6 Å². The van der Waals surface area contributed by atoms with Crippen LogP contribution in [0.1, 0.15) is 46.0 Å². The molecule has 0 N–H and O–H groups in total. The molecule has 1 aromatic heterocycles. The molecule has 148 valence electrons. The van der Waals surface area contributed by atoms with Crippen molar-refractivity contribution in [3.63, 3.8) is 0 Å². The lowest BCUT2D eigenvalue weighted by atomic mass is 9.84. The lowest BCUT2D eigenvalue weighted by molar-refractivity contribution is 0.238. The predicted molar refractivity (Wildman–Crippen MR) is 115 cm³/mol. The Kier molecular flexibility index (Phi) is 7.50. The van der Waals surface area contributed by atoms with Crippen molar-refractivity contribution in [3.8, 4) is 10.6 Å². The minimum absolute atomic E-state index is 0.435. The van der Waals surface area contributed by atoms with Crippen molar-refractivity contribution in [1.82, 2.24) is 14.7 Å². The number of hydrogen-bond acceptors (Lipinski definition) is 4. The molecule has 2 aromatic rings. The van der Waals surface area contributed by atoms with Crippen LogP contribution in [0.2, 0.25) is 5.02 Å². The van der Waals surface area contributed by atoms with Crippen molar-refractivity contribution in [2.24, 2.45) is 18.0 Å². The number of rotatable bonds is 7. The van der Waals surface area contributed by atoms with E-state index in [0.29, 0.717) is 6.04 Å². The molecule has 0 radical (unpaired) electrons. The third kappa shape index (κ3) is 5.66. The first-order valence-electron chi connectivity index (χ1n) is 10.1. The highest BCUT2D eigenvalue weighted by molar-refractivity contribution is 7.12. The molecule has 3 rings (SSSR count). The monoisotopic (exact) mass is 406 g/mol. The average Bonchev–Trinajstić information content (AvgIpc) is 3.04. The van der Waals surface area contributed by atoms with Gasteiger partial charge in [-0.05, 0) is 56.9 Å². The smallest absolute Gasteiger partial charge is 0.203 e. The SMILES string of the molecule is CCN(CC)CCC1CCCC(N=c2sc(-c3ccc(Cl)cc3)nn2C)C1. The first-order chi connectivity index (χ1) is 13.1. The van der Waals surface area contributed by atoms with Crippen LogP contribution in [0.5, 0.6) is 0 Å². The van der Waals surface area contributed by atoms with Gasteiger partial charge in [0, 0.05) is 17.6 Å². The molecule has 0 saturated heterocycles. The molecule has 0 amide bonds. The summed E-state index contributed by atoms with van der Waals surface area (Å²) in [7, 11) is 2.00. The van der Waals surface area contributed by atoms with Crippen LogP contribution in [0.25, 0.3) is 10.6 Å². The summed E-state index contributed by atoms with van der Waals surface area (Å²) >= 11 is 7.67. The van der Waals surface area contributed by atoms with E-state index in [1.54, 1.807) is 11.3 Å². The Bertz CT molecular complexity index is 776. The average molecular weight is 407 g/mol. The highest BCUT2D eigenvalue weighted by atomic mass is 35.5. The first kappa shape index (κ1) is 20.6. The third-order valence-electron chi connectivity index (χ3n) is 5.59. The van der Waals surface area contributed by atoms with Gasteiger partial charge < -0.3 is 4.90 Å².